The molecule has 0 unspecified atom stereocenters. The summed E-state index contributed by atoms with van der Waals surface area (Å²) < 4.78 is 5.85. The van der Waals surface area contributed by atoms with Crippen molar-refractivity contribution in [2.45, 2.75) is 0 Å². The van der Waals surface area contributed by atoms with E-state index in [2.05, 4.69) is 0 Å². The molecular formula is C19H10O4. The Morgan fingerprint density at radius 3 is 2.35 bits per heavy atom. The molecule has 0 amide bonds. The molecule has 1 aliphatic rings. The van der Waals surface area contributed by atoms with Crippen LogP contribution in [-0.2, 0) is 0 Å². The van der Waals surface area contributed by atoms with Crippen LogP contribution >= 0.6 is 0 Å². The normalized spacial score (nSPS) is 12.8. The summed E-state index contributed by atoms with van der Waals surface area (Å²) in [6, 6.07) is 14.1. The van der Waals surface area contributed by atoms with Gasteiger partial charge in [-0.1, -0.05) is 36.4 Å². The molecule has 3 aromatic carbocycles. The Kier molecular flexibility index (Phi) is 2.10. The predicted molar refractivity (Wildman–Crippen MR) is 85.9 cm³/mol. The molecule has 0 saturated heterocycles. The number of phenols is 2. The van der Waals surface area contributed by atoms with Gasteiger partial charge >= 0.3 is 0 Å². The lowest BCUT2D eigenvalue weighted by Gasteiger charge is -2.15. The topological polar surface area (TPSA) is 70.7 Å². The van der Waals surface area contributed by atoms with Crippen LogP contribution in [-0.4, -0.2) is 16.0 Å². The SMILES string of the molecule is O=C1c2c(oc3cc(O)c(O)cc23)-c2cccc3cccc1c23. The third kappa shape index (κ3) is 1.42. The number of hydrogen-bond acceptors (Lipinski definition) is 4. The van der Waals surface area contributed by atoms with Gasteiger partial charge in [0.1, 0.15) is 11.3 Å². The van der Waals surface area contributed by atoms with Gasteiger partial charge in [0.05, 0.1) is 5.56 Å². The maximum atomic E-state index is 13.0. The minimum absolute atomic E-state index is 0.131. The summed E-state index contributed by atoms with van der Waals surface area (Å²) in [5.41, 5.74) is 2.29. The molecule has 1 aliphatic carbocycles. The lowest BCUT2D eigenvalue weighted by molar-refractivity contribution is 0.104. The molecule has 5 rings (SSSR count). The van der Waals surface area contributed by atoms with Crippen LogP contribution in [0.4, 0.5) is 0 Å². The van der Waals surface area contributed by atoms with Crippen molar-refractivity contribution in [2.24, 2.45) is 0 Å². The molecule has 1 heterocycles. The van der Waals surface area contributed by atoms with Gasteiger partial charge in [-0.2, -0.15) is 0 Å². The fourth-order valence-corrected chi connectivity index (χ4v) is 3.39. The molecule has 0 fully saturated rings. The van der Waals surface area contributed by atoms with Gasteiger partial charge in [-0.3, -0.25) is 4.79 Å². The molecule has 23 heavy (non-hydrogen) atoms. The highest BCUT2D eigenvalue weighted by Gasteiger charge is 2.31. The van der Waals surface area contributed by atoms with Crippen molar-refractivity contribution >= 4 is 27.5 Å². The Balaban J connectivity index is 2.01. The van der Waals surface area contributed by atoms with Crippen LogP contribution in [0, 0.1) is 0 Å². The van der Waals surface area contributed by atoms with Crippen LogP contribution in [0.15, 0.2) is 52.9 Å². The molecule has 2 N–H and O–H groups in total. The fourth-order valence-electron chi connectivity index (χ4n) is 3.39. The van der Waals surface area contributed by atoms with Gasteiger partial charge in [0.25, 0.3) is 0 Å². The molecule has 4 nitrogen and oxygen atoms in total. The third-order valence-corrected chi connectivity index (χ3v) is 4.41. The van der Waals surface area contributed by atoms with E-state index in [0.717, 1.165) is 16.3 Å². The average molecular weight is 302 g/mol. The molecule has 0 aliphatic heterocycles. The Morgan fingerprint density at radius 2 is 1.57 bits per heavy atom. The van der Waals surface area contributed by atoms with Crippen LogP contribution in [0.3, 0.4) is 0 Å². The molecule has 4 heteroatoms. The summed E-state index contributed by atoms with van der Waals surface area (Å²) in [5, 5.41) is 21.8. The van der Waals surface area contributed by atoms with E-state index in [1.807, 2.05) is 30.3 Å². The van der Waals surface area contributed by atoms with Gasteiger partial charge in [-0.15, -0.1) is 0 Å². The summed E-state index contributed by atoms with van der Waals surface area (Å²) in [6.07, 6.45) is 0. The fraction of sp³-hybridized carbons (Fsp3) is 0. The summed E-state index contributed by atoms with van der Waals surface area (Å²) in [6.45, 7) is 0. The molecule has 0 radical (unpaired) electrons. The number of aromatic hydroxyl groups is 2. The van der Waals surface area contributed by atoms with Crippen LogP contribution in [0.2, 0.25) is 0 Å². The van der Waals surface area contributed by atoms with Crippen LogP contribution < -0.4 is 0 Å². The number of rotatable bonds is 0. The van der Waals surface area contributed by atoms with Crippen molar-refractivity contribution < 1.29 is 19.4 Å². The van der Waals surface area contributed by atoms with E-state index >= 15 is 0 Å². The smallest absolute Gasteiger partial charge is 0.198 e. The van der Waals surface area contributed by atoms with Crippen molar-refractivity contribution in [3.63, 3.8) is 0 Å². The van der Waals surface area contributed by atoms with Crippen molar-refractivity contribution in [2.75, 3.05) is 0 Å². The lowest BCUT2D eigenvalue weighted by Crippen LogP contribution is -2.08. The lowest BCUT2D eigenvalue weighted by atomic mass is 9.86. The number of carbonyl (C=O) groups excluding carboxylic acids is 1. The molecule has 0 bridgehead atoms. The Bertz CT molecular complexity index is 1150. The molecule has 0 saturated carbocycles. The number of furan rings is 1. The second-order valence-electron chi connectivity index (χ2n) is 5.68. The second-order valence-corrected chi connectivity index (χ2v) is 5.68. The predicted octanol–water partition coefficient (Wildman–Crippen LogP) is 4.21. The third-order valence-electron chi connectivity index (χ3n) is 4.41. The largest absolute Gasteiger partial charge is 0.504 e. The number of ketones is 1. The summed E-state index contributed by atoms with van der Waals surface area (Å²) in [7, 11) is 0. The zero-order chi connectivity index (χ0) is 15.7. The molecule has 0 spiro atoms. The number of hydrogen-bond donors (Lipinski definition) is 2. The first-order valence-corrected chi connectivity index (χ1v) is 7.20. The number of phenolic OH excluding ortho intramolecular Hbond substituents is 2. The van der Waals surface area contributed by atoms with Crippen LogP contribution in [0.5, 0.6) is 11.5 Å². The Morgan fingerprint density at radius 1 is 0.870 bits per heavy atom. The van der Waals surface area contributed by atoms with Gasteiger partial charge < -0.3 is 14.6 Å². The van der Waals surface area contributed by atoms with E-state index < -0.39 is 0 Å². The van der Waals surface area contributed by atoms with E-state index in [-0.39, 0.29) is 17.3 Å². The van der Waals surface area contributed by atoms with E-state index in [1.165, 1.54) is 12.1 Å². The quantitative estimate of drug-likeness (QED) is 0.420. The van der Waals surface area contributed by atoms with E-state index in [1.54, 1.807) is 6.07 Å². The minimum Gasteiger partial charge on any atom is -0.504 e. The highest BCUT2D eigenvalue weighted by Crippen LogP contribution is 2.45. The standard InChI is InChI=1S/C19H10O4/c20-13-7-12-15(8-14(13)21)23-19-11-6-2-4-9-3-1-5-10(16(9)11)18(22)17(12)19/h1-8,20-21H. The summed E-state index contributed by atoms with van der Waals surface area (Å²) in [5.74, 6) is -0.190. The highest BCUT2D eigenvalue weighted by atomic mass is 16.3. The highest BCUT2D eigenvalue weighted by molar-refractivity contribution is 6.29. The Hall–Kier alpha value is -3.27. The zero-order valence-corrected chi connectivity index (χ0v) is 11.8. The van der Waals surface area contributed by atoms with E-state index in [0.29, 0.717) is 27.9 Å². The van der Waals surface area contributed by atoms with Crippen LogP contribution in [0.1, 0.15) is 15.9 Å². The minimum atomic E-state index is -0.272. The zero-order valence-electron chi connectivity index (χ0n) is 11.8. The Labute approximate surface area is 130 Å². The molecule has 4 aromatic rings. The van der Waals surface area contributed by atoms with Crippen molar-refractivity contribution in [3.05, 3.63) is 59.7 Å². The number of carbonyl (C=O) groups is 1. The van der Waals surface area contributed by atoms with Crippen molar-refractivity contribution in [3.8, 4) is 22.8 Å². The molecular weight excluding hydrogens is 292 g/mol. The molecule has 0 atom stereocenters. The first kappa shape index (κ1) is 12.3. The van der Waals surface area contributed by atoms with Crippen molar-refractivity contribution in [1.82, 2.24) is 0 Å². The molecule has 110 valence electrons. The van der Waals surface area contributed by atoms with Gasteiger partial charge in [0, 0.05) is 28.0 Å². The first-order valence-electron chi connectivity index (χ1n) is 7.20. The number of benzene rings is 3. The van der Waals surface area contributed by atoms with Gasteiger partial charge in [-0.25, -0.2) is 0 Å². The van der Waals surface area contributed by atoms with Crippen LogP contribution in [0.25, 0.3) is 33.1 Å². The number of fused-ring (bicyclic) bond motifs is 4. The second kappa shape index (κ2) is 3.93. The summed E-state index contributed by atoms with van der Waals surface area (Å²) >= 11 is 0. The van der Waals surface area contributed by atoms with E-state index in [9.17, 15) is 15.0 Å². The maximum Gasteiger partial charge on any atom is 0.198 e. The first-order chi connectivity index (χ1) is 11.1. The molecule has 1 aromatic heterocycles. The van der Waals surface area contributed by atoms with Crippen molar-refractivity contribution in [1.29, 1.82) is 0 Å². The monoisotopic (exact) mass is 302 g/mol. The maximum absolute atomic E-state index is 13.0. The summed E-state index contributed by atoms with van der Waals surface area (Å²) in [4.78, 5) is 13.0. The van der Waals surface area contributed by atoms with Gasteiger partial charge in [0.2, 0.25) is 0 Å². The average Bonchev–Trinajstić information content (AvgIpc) is 2.91. The van der Waals surface area contributed by atoms with Gasteiger partial charge in [-0.05, 0) is 11.5 Å². The van der Waals surface area contributed by atoms with E-state index in [4.69, 9.17) is 4.42 Å². The van der Waals surface area contributed by atoms with Gasteiger partial charge in [0.15, 0.2) is 17.3 Å².